The highest BCUT2D eigenvalue weighted by Crippen LogP contribution is 2.58. The Kier molecular flexibility index (Phi) is 5.32. The van der Waals surface area contributed by atoms with Crippen LogP contribution in [0.3, 0.4) is 0 Å². The van der Waals surface area contributed by atoms with Crippen molar-refractivity contribution < 1.29 is 19.0 Å². The summed E-state index contributed by atoms with van der Waals surface area (Å²) < 4.78 is 18.3. The molecule has 1 heterocycles. The smallest absolute Gasteiger partial charge is 0.317 e. The molecule has 142 valence electrons. The standard InChI is InChI=1S/C21H34O4/c1-5-13-23-18(22)20-10-7-11-21(20,24-14-12-20)25-17-8-6-9-19(4,15-17)16(2)3/h5,16-17H,1,6-15H2,2-4H3. The summed E-state index contributed by atoms with van der Waals surface area (Å²) in [7, 11) is 0. The first-order valence-corrected chi connectivity index (χ1v) is 9.97. The van der Waals surface area contributed by atoms with E-state index in [1.54, 1.807) is 6.08 Å². The van der Waals surface area contributed by atoms with Crippen LogP contribution in [0.25, 0.3) is 0 Å². The number of hydrogen-bond donors (Lipinski definition) is 0. The lowest BCUT2D eigenvalue weighted by atomic mass is 9.67. The van der Waals surface area contributed by atoms with Gasteiger partial charge in [0.15, 0.2) is 5.79 Å². The Morgan fingerprint density at radius 3 is 2.80 bits per heavy atom. The SMILES string of the molecule is C=CCOC(=O)C12CCCC1(OC1CCCC(C)(C(C)C)C1)OCC2. The maximum atomic E-state index is 12.9. The van der Waals surface area contributed by atoms with Crippen molar-refractivity contribution in [2.24, 2.45) is 16.7 Å². The molecule has 0 amide bonds. The van der Waals surface area contributed by atoms with E-state index in [0.29, 0.717) is 24.4 Å². The van der Waals surface area contributed by atoms with Crippen LogP contribution in [0.1, 0.15) is 72.1 Å². The maximum absolute atomic E-state index is 12.9. The van der Waals surface area contributed by atoms with Gasteiger partial charge in [-0.2, -0.15) is 0 Å². The van der Waals surface area contributed by atoms with Gasteiger partial charge in [0.25, 0.3) is 0 Å². The van der Waals surface area contributed by atoms with Crippen molar-refractivity contribution >= 4 is 5.97 Å². The molecular formula is C21H34O4. The van der Waals surface area contributed by atoms with E-state index in [9.17, 15) is 4.79 Å². The normalized spacial score (nSPS) is 40.9. The first-order valence-electron chi connectivity index (χ1n) is 9.97. The van der Waals surface area contributed by atoms with Gasteiger partial charge in [-0.15, -0.1) is 0 Å². The molecule has 4 unspecified atom stereocenters. The minimum absolute atomic E-state index is 0.162. The van der Waals surface area contributed by atoms with Gasteiger partial charge in [0, 0.05) is 6.42 Å². The zero-order chi connectivity index (χ0) is 18.1. The summed E-state index contributed by atoms with van der Waals surface area (Å²) >= 11 is 0. The highest BCUT2D eigenvalue weighted by Gasteiger charge is 2.66. The Balaban J connectivity index is 1.77. The number of rotatable bonds is 6. The highest BCUT2D eigenvalue weighted by molar-refractivity contribution is 5.79. The third-order valence-electron chi connectivity index (χ3n) is 7.14. The summed E-state index contributed by atoms with van der Waals surface area (Å²) in [6, 6.07) is 0. The van der Waals surface area contributed by atoms with E-state index >= 15 is 0 Å². The van der Waals surface area contributed by atoms with Gasteiger partial charge in [0.2, 0.25) is 0 Å². The van der Waals surface area contributed by atoms with E-state index < -0.39 is 11.2 Å². The van der Waals surface area contributed by atoms with Crippen LogP contribution in [0.5, 0.6) is 0 Å². The lowest BCUT2D eigenvalue weighted by molar-refractivity contribution is -0.277. The molecule has 0 bridgehead atoms. The number of carbonyl (C=O) groups is 1. The Hall–Kier alpha value is -0.870. The van der Waals surface area contributed by atoms with Crippen molar-refractivity contribution in [1.82, 2.24) is 0 Å². The molecule has 2 aliphatic carbocycles. The van der Waals surface area contributed by atoms with Crippen LogP contribution in [0.15, 0.2) is 12.7 Å². The molecule has 1 aliphatic heterocycles. The van der Waals surface area contributed by atoms with E-state index in [1.807, 2.05) is 0 Å². The van der Waals surface area contributed by atoms with Gasteiger partial charge >= 0.3 is 5.97 Å². The van der Waals surface area contributed by atoms with E-state index in [1.165, 1.54) is 12.8 Å². The van der Waals surface area contributed by atoms with Gasteiger partial charge in [0.05, 0.1) is 12.7 Å². The van der Waals surface area contributed by atoms with E-state index in [4.69, 9.17) is 14.2 Å². The molecule has 0 aromatic rings. The lowest BCUT2D eigenvalue weighted by Crippen LogP contribution is -2.52. The van der Waals surface area contributed by atoms with E-state index in [-0.39, 0.29) is 18.7 Å². The van der Waals surface area contributed by atoms with Crippen molar-refractivity contribution in [2.75, 3.05) is 13.2 Å². The van der Waals surface area contributed by atoms with Crippen LogP contribution >= 0.6 is 0 Å². The van der Waals surface area contributed by atoms with Crippen LogP contribution in [0.4, 0.5) is 0 Å². The second-order valence-electron chi connectivity index (χ2n) is 8.82. The number of esters is 1. The molecule has 3 aliphatic rings. The van der Waals surface area contributed by atoms with Gasteiger partial charge in [-0.25, -0.2) is 0 Å². The van der Waals surface area contributed by atoms with Gasteiger partial charge in [-0.3, -0.25) is 4.79 Å². The number of ether oxygens (including phenoxy) is 3. The molecule has 0 N–H and O–H groups in total. The van der Waals surface area contributed by atoms with Crippen LogP contribution in [-0.2, 0) is 19.0 Å². The first kappa shape index (κ1) is 18.9. The summed E-state index contributed by atoms with van der Waals surface area (Å²) in [6.45, 7) is 11.5. The topological polar surface area (TPSA) is 44.8 Å². The van der Waals surface area contributed by atoms with Crippen LogP contribution in [0.2, 0.25) is 0 Å². The molecule has 4 atom stereocenters. The Labute approximate surface area is 152 Å². The van der Waals surface area contributed by atoms with Crippen LogP contribution < -0.4 is 0 Å². The van der Waals surface area contributed by atoms with Crippen LogP contribution in [0, 0.1) is 16.7 Å². The summed E-state index contributed by atoms with van der Waals surface area (Å²) in [5, 5.41) is 0. The molecule has 0 aromatic carbocycles. The summed E-state index contributed by atoms with van der Waals surface area (Å²) in [5.41, 5.74) is -0.315. The van der Waals surface area contributed by atoms with E-state index in [0.717, 1.165) is 32.1 Å². The minimum atomic E-state index is -0.773. The molecule has 3 rings (SSSR count). The maximum Gasteiger partial charge on any atom is 0.317 e. The second-order valence-corrected chi connectivity index (χ2v) is 8.82. The van der Waals surface area contributed by atoms with Crippen molar-refractivity contribution in [3.05, 3.63) is 12.7 Å². The molecule has 25 heavy (non-hydrogen) atoms. The van der Waals surface area contributed by atoms with Crippen molar-refractivity contribution in [2.45, 2.75) is 84.0 Å². The first-order chi connectivity index (χ1) is 11.9. The molecule has 0 spiro atoms. The molecule has 0 aromatic heterocycles. The van der Waals surface area contributed by atoms with Crippen molar-refractivity contribution in [3.8, 4) is 0 Å². The summed E-state index contributed by atoms with van der Waals surface area (Å²) in [4.78, 5) is 12.9. The molecule has 2 saturated carbocycles. The molecular weight excluding hydrogens is 316 g/mol. The lowest BCUT2D eigenvalue weighted by Gasteiger charge is -2.45. The van der Waals surface area contributed by atoms with Gasteiger partial charge < -0.3 is 14.2 Å². The number of carbonyl (C=O) groups excluding carboxylic acids is 1. The Morgan fingerprint density at radius 2 is 2.08 bits per heavy atom. The number of fused-ring (bicyclic) bond motifs is 1. The predicted octanol–water partition coefficient (Wildman–Crippen LogP) is 4.62. The molecule has 1 saturated heterocycles. The fraction of sp³-hybridized carbons (Fsp3) is 0.857. The third-order valence-corrected chi connectivity index (χ3v) is 7.14. The minimum Gasteiger partial charge on any atom is -0.461 e. The molecule has 0 radical (unpaired) electrons. The zero-order valence-electron chi connectivity index (χ0n) is 16.1. The molecule has 4 heteroatoms. The number of hydrogen-bond acceptors (Lipinski definition) is 4. The van der Waals surface area contributed by atoms with Crippen molar-refractivity contribution in [3.63, 3.8) is 0 Å². The predicted molar refractivity (Wildman–Crippen MR) is 97.0 cm³/mol. The van der Waals surface area contributed by atoms with Crippen molar-refractivity contribution in [1.29, 1.82) is 0 Å². The Morgan fingerprint density at radius 1 is 1.28 bits per heavy atom. The summed E-state index contributed by atoms with van der Waals surface area (Å²) in [5.74, 6) is -0.304. The van der Waals surface area contributed by atoms with E-state index in [2.05, 4.69) is 27.4 Å². The largest absolute Gasteiger partial charge is 0.461 e. The average molecular weight is 350 g/mol. The fourth-order valence-electron chi connectivity index (χ4n) is 5.16. The third kappa shape index (κ3) is 3.16. The van der Waals surface area contributed by atoms with Gasteiger partial charge in [0.1, 0.15) is 12.0 Å². The molecule has 4 nitrogen and oxygen atoms in total. The fourth-order valence-corrected chi connectivity index (χ4v) is 5.16. The quantitative estimate of drug-likeness (QED) is 0.518. The average Bonchev–Trinajstić information content (AvgIpc) is 3.08. The second kappa shape index (κ2) is 7.03. The van der Waals surface area contributed by atoms with Crippen LogP contribution in [-0.4, -0.2) is 31.1 Å². The zero-order valence-corrected chi connectivity index (χ0v) is 16.1. The monoisotopic (exact) mass is 350 g/mol. The highest BCUT2D eigenvalue weighted by atomic mass is 16.7. The Bertz CT molecular complexity index is 502. The molecule has 3 fully saturated rings. The van der Waals surface area contributed by atoms with Gasteiger partial charge in [-0.05, 0) is 49.9 Å². The summed E-state index contributed by atoms with van der Waals surface area (Å²) in [6.07, 6.45) is 9.60. The van der Waals surface area contributed by atoms with Gasteiger partial charge in [-0.1, -0.05) is 39.8 Å².